The maximum absolute atomic E-state index is 13.0. The van der Waals surface area contributed by atoms with E-state index in [0.717, 1.165) is 39.4 Å². The van der Waals surface area contributed by atoms with E-state index in [1.807, 2.05) is 62.4 Å². The third-order valence-electron chi connectivity index (χ3n) is 5.76. The molecule has 0 amide bonds. The predicted octanol–water partition coefficient (Wildman–Crippen LogP) is 7.96. The third-order valence-corrected chi connectivity index (χ3v) is 7.03. The highest BCUT2D eigenvalue weighted by molar-refractivity contribution is 7.15. The number of thiazole rings is 1. The first-order valence-electron chi connectivity index (χ1n) is 11.3. The van der Waals surface area contributed by atoms with Gasteiger partial charge in [0.1, 0.15) is 16.9 Å². The normalized spacial score (nSPS) is 12.4. The molecule has 1 heterocycles. The second-order valence-corrected chi connectivity index (χ2v) is 9.45. The van der Waals surface area contributed by atoms with Crippen molar-refractivity contribution in [2.24, 2.45) is 0 Å². The van der Waals surface area contributed by atoms with Crippen molar-refractivity contribution in [3.8, 4) is 27.6 Å². The summed E-state index contributed by atoms with van der Waals surface area (Å²) in [5.41, 5.74) is 3.39. The highest BCUT2D eigenvalue weighted by Gasteiger charge is 2.30. The van der Waals surface area contributed by atoms with Crippen LogP contribution in [0, 0.1) is 6.92 Å². The minimum Gasteiger partial charge on any atom is -0.485 e. The molecule has 4 aromatic rings. The van der Waals surface area contributed by atoms with Crippen molar-refractivity contribution in [1.29, 1.82) is 0 Å². The molecule has 0 aliphatic carbocycles. The molecule has 1 atom stereocenters. The summed E-state index contributed by atoms with van der Waals surface area (Å²) in [5, 5.41) is 9.54. The van der Waals surface area contributed by atoms with E-state index in [-0.39, 0.29) is 12.5 Å². The molecule has 0 aliphatic rings. The van der Waals surface area contributed by atoms with Gasteiger partial charge in [0.15, 0.2) is 0 Å². The molecule has 3 aromatic carbocycles. The average Bonchev–Trinajstić information content (AvgIpc) is 3.29. The number of aromatic nitrogens is 1. The molecule has 0 fully saturated rings. The summed E-state index contributed by atoms with van der Waals surface area (Å²) in [6.45, 7) is 3.82. The summed E-state index contributed by atoms with van der Waals surface area (Å²) < 4.78 is 45.2. The number of benzene rings is 3. The number of hydrogen-bond acceptors (Lipinski definition) is 4. The zero-order chi connectivity index (χ0) is 25.9. The molecular weight excluding hydrogens is 487 g/mol. The van der Waals surface area contributed by atoms with Crippen molar-refractivity contribution in [2.45, 2.75) is 39.0 Å². The summed E-state index contributed by atoms with van der Waals surface area (Å²) in [7, 11) is 0. The second-order valence-electron chi connectivity index (χ2n) is 8.42. The second kappa shape index (κ2) is 10.5. The van der Waals surface area contributed by atoms with Crippen molar-refractivity contribution in [2.75, 3.05) is 0 Å². The summed E-state index contributed by atoms with van der Waals surface area (Å²) in [6.07, 6.45) is -4.28. The molecule has 0 radical (unpaired) electrons. The van der Waals surface area contributed by atoms with E-state index in [9.17, 15) is 18.0 Å². The Bertz CT molecular complexity index is 1350. The van der Waals surface area contributed by atoms with Crippen molar-refractivity contribution in [3.63, 3.8) is 0 Å². The van der Waals surface area contributed by atoms with E-state index in [4.69, 9.17) is 14.8 Å². The molecule has 0 saturated carbocycles. The lowest BCUT2D eigenvalue weighted by atomic mass is 10.0. The van der Waals surface area contributed by atoms with Crippen LogP contribution in [0.25, 0.3) is 21.8 Å². The smallest absolute Gasteiger partial charge is 0.416 e. The molecule has 1 N–H and O–H groups in total. The minimum absolute atomic E-state index is 0.0610. The van der Waals surface area contributed by atoms with Crippen LogP contribution in [0.15, 0.2) is 72.8 Å². The predicted molar refractivity (Wildman–Crippen MR) is 134 cm³/mol. The number of nitrogens with zero attached hydrogens (tertiary/aromatic N) is 1. The van der Waals surface area contributed by atoms with Crippen molar-refractivity contribution >= 4 is 17.3 Å². The Kier molecular flexibility index (Phi) is 7.45. The van der Waals surface area contributed by atoms with Gasteiger partial charge >= 0.3 is 12.1 Å². The van der Waals surface area contributed by atoms with Crippen molar-refractivity contribution in [3.05, 3.63) is 94.4 Å². The van der Waals surface area contributed by atoms with Gasteiger partial charge in [0, 0.05) is 17.5 Å². The molecule has 0 bridgehead atoms. The van der Waals surface area contributed by atoms with Gasteiger partial charge in [-0.3, -0.25) is 4.79 Å². The van der Waals surface area contributed by atoms with E-state index in [1.165, 1.54) is 23.5 Å². The SMILES string of the molecule is Cc1cc(OC(C)c2sc(-c3ccc(C(F)(F)F)cc3)nc2-c2ccccc2)ccc1CCC(=O)O. The number of carbonyl (C=O) groups is 1. The van der Waals surface area contributed by atoms with Gasteiger partial charge in [-0.05, 0) is 55.7 Å². The molecule has 0 saturated heterocycles. The van der Waals surface area contributed by atoms with Gasteiger partial charge in [-0.2, -0.15) is 13.2 Å². The van der Waals surface area contributed by atoms with E-state index in [0.29, 0.717) is 22.7 Å². The van der Waals surface area contributed by atoms with Crippen LogP contribution in [0.1, 0.15) is 41.0 Å². The van der Waals surface area contributed by atoms with Gasteiger partial charge in [-0.15, -0.1) is 11.3 Å². The van der Waals surface area contributed by atoms with Crippen LogP contribution in [0.4, 0.5) is 13.2 Å². The first kappa shape index (κ1) is 25.4. The Hall–Kier alpha value is -3.65. The van der Waals surface area contributed by atoms with E-state index in [1.54, 1.807) is 0 Å². The summed E-state index contributed by atoms with van der Waals surface area (Å²) >= 11 is 1.38. The monoisotopic (exact) mass is 511 g/mol. The molecule has 4 rings (SSSR count). The maximum atomic E-state index is 13.0. The molecule has 1 aromatic heterocycles. The average molecular weight is 512 g/mol. The Morgan fingerprint density at radius 3 is 2.33 bits per heavy atom. The molecule has 8 heteroatoms. The van der Waals surface area contributed by atoms with Crippen LogP contribution in [0.5, 0.6) is 5.75 Å². The first-order chi connectivity index (χ1) is 17.1. The van der Waals surface area contributed by atoms with Crippen LogP contribution in [0.2, 0.25) is 0 Å². The minimum atomic E-state index is -4.40. The molecule has 186 valence electrons. The van der Waals surface area contributed by atoms with E-state index in [2.05, 4.69) is 0 Å². The van der Waals surface area contributed by atoms with Crippen molar-refractivity contribution in [1.82, 2.24) is 4.98 Å². The number of ether oxygens (including phenoxy) is 1. The largest absolute Gasteiger partial charge is 0.485 e. The number of rotatable bonds is 8. The summed E-state index contributed by atoms with van der Waals surface area (Å²) in [5.74, 6) is -0.201. The number of alkyl halides is 3. The highest BCUT2D eigenvalue weighted by Crippen LogP contribution is 2.40. The number of aryl methyl sites for hydroxylation is 2. The zero-order valence-electron chi connectivity index (χ0n) is 19.7. The van der Waals surface area contributed by atoms with Gasteiger partial charge in [0.05, 0.1) is 16.1 Å². The fourth-order valence-corrected chi connectivity index (χ4v) is 4.93. The molecular formula is C28H24F3NO3S. The fourth-order valence-electron chi connectivity index (χ4n) is 3.86. The Morgan fingerprint density at radius 1 is 1.03 bits per heavy atom. The number of carboxylic acid groups (broad SMARTS) is 1. The Balaban J connectivity index is 1.64. The van der Waals surface area contributed by atoms with Crippen LogP contribution >= 0.6 is 11.3 Å². The van der Waals surface area contributed by atoms with Crippen LogP contribution in [-0.4, -0.2) is 16.1 Å². The van der Waals surface area contributed by atoms with Crippen LogP contribution in [-0.2, 0) is 17.4 Å². The van der Waals surface area contributed by atoms with Gasteiger partial charge < -0.3 is 9.84 Å². The summed E-state index contributed by atoms with van der Waals surface area (Å²) in [4.78, 5) is 16.5. The molecule has 36 heavy (non-hydrogen) atoms. The molecule has 4 nitrogen and oxygen atoms in total. The lowest BCUT2D eigenvalue weighted by Crippen LogP contribution is -2.04. The number of halogens is 3. The quantitative estimate of drug-likeness (QED) is 0.261. The van der Waals surface area contributed by atoms with Gasteiger partial charge in [-0.1, -0.05) is 48.5 Å². The van der Waals surface area contributed by atoms with Gasteiger partial charge in [-0.25, -0.2) is 4.98 Å². The van der Waals surface area contributed by atoms with Gasteiger partial charge in [0.25, 0.3) is 0 Å². The highest BCUT2D eigenvalue weighted by atomic mass is 32.1. The molecule has 0 spiro atoms. The maximum Gasteiger partial charge on any atom is 0.416 e. The lowest BCUT2D eigenvalue weighted by molar-refractivity contribution is -0.138. The summed E-state index contributed by atoms with van der Waals surface area (Å²) in [6, 6.07) is 20.2. The van der Waals surface area contributed by atoms with Crippen LogP contribution in [0.3, 0.4) is 0 Å². The third kappa shape index (κ3) is 5.94. The number of hydrogen-bond donors (Lipinski definition) is 1. The topological polar surface area (TPSA) is 59.4 Å². The number of carboxylic acids is 1. The van der Waals surface area contributed by atoms with E-state index < -0.39 is 17.7 Å². The van der Waals surface area contributed by atoms with Gasteiger partial charge in [0.2, 0.25) is 0 Å². The fraction of sp³-hybridized carbons (Fsp3) is 0.214. The Labute approximate surface area is 211 Å². The standard InChI is InChI=1S/C28H24F3NO3S/c1-17-16-23(14-10-19(17)11-15-24(33)34)35-18(2)26-25(20-6-4-3-5-7-20)32-27(36-26)21-8-12-22(13-9-21)28(29,30)31/h3-10,12-14,16,18H,11,15H2,1-2H3,(H,33,34). The number of aliphatic carboxylic acids is 1. The Morgan fingerprint density at radius 2 is 1.72 bits per heavy atom. The lowest BCUT2D eigenvalue weighted by Gasteiger charge is -2.16. The van der Waals surface area contributed by atoms with E-state index >= 15 is 0 Å². The van der Waals surface area contributed by atoms with Crippen molar-refractivity contribution < 1.29 is 27.8 Å². The zero-order valence-corrected chi connectivity index (χ0v) is 20.5. The molecule has 1 unspecified atom stereocenters. The first-order valence-corrected chi connectivity index (χ1v) is 12.1. The molecule has 0 aliphatic heterocycles. The van der Waals surface area contributed by atoms with Crippen LogP contribution < -0.4 is 4.74 Å².